The molecule has 1 aromatic carbocycles. The maximum atomic E-state index is 13.1. The van der Waals surface area contributed by atoms with E-state index in [9.17, 15) is 14.4 Å². The van der Waals surface area contributed by atoms with E-state index in [2.05, 4.69) is 10.2 Å². The second kappa shape index (κ2) is 11.8. The summed E-state index contributed by atoms with van der Waals surface area (Å²) in [6.45, 7) is 4.99. The van der Waals surface area contributed by atoms with Crippen LogP contribution in [0.4, 0.5) is 4.79 Å². The minimum Gasteiger partial charge on any atom is -0.497 e. The zero-order valence-electron chi connectivity index (χ0n) is 20.3. The molecule has 2 heterocycles. The van der Waals surface area contributed by atoms with Gasteiger partial charge >= 0.3 is 12.0 Å². The standard InChI is InChI=1S/C24H34N4O6/c1-5-34-23(30)21-19(15-27-11-6-12-28(14-13-27)20(29)16-32-3)26(2)24(31)25-22(21)17-7-9-18(33-4)10-8-17/h7-10,22H,5-6,11-16H2,1-4H3,(H,25,31). The molecule has 3 amide bonds. The average molecular weight is 475 g/mol. The summed E-state index contributed by atoms with van der Waals surface area (Å²) in [5.41, 5.74) is 1.76. The number of carbonyl (C=O) groups excluding carboxylic acids is 3. The van der Waals surface area contributed by atoms with E-state index in [-0.39, 0.29) is 25.2 Å². The monoisotopic (exact) mass is 474 g/mol. The number of likely N-dealkylation sites (N-methyl/N-ethyl adjacent to an activating group) is 1. The molecule has 0 spiro atoms. The zero-order valence-corrected chi connectivity index (χ0v) is 20.3. The van der Waals surface area contributed by atoms with Crippen molar-refractivity contribution in [2.24, 2.45) is 0 Å². The highest BCUT2D eigenvalue weighted by atomic mass is 16.5. The summed E-state index contributed by atoms with van der Waals surface area (Å²) in [5, 5.41) is 2.93. The maximum Gasteiger partial charge on any atom is 0.338 e. The van der Waals surface area contributed by atoms with Gasteiger partial charge in [0.15, 0.2) is 0 Å². The Morgan fingerprint density at radius 2 is 1.82 bits per heavy atom. The lowest BCUT2D eigenvalue weighted by molar-refractivity contribution is -0.139. The third kappa shape index (κ3) is 5.87. The Morgan fingerprint density at radius 3 is 2.47 bits per heavy atom. The fraction of sp³-hybridized carbons (Fsp3) is 0.542. The van der Waals surface area contributed by atoms with Crippen molar-refractivity contribution in [3.63, 3.8) is 0 Å². The SMILES string of the molecule is CCOC(=O)C1=C(CN2CCCN(C(=O)COC)CC2)N(C)C(=O)NC1c1ccc(OC)cc1. The first-order valence-corrected chi connectivity index (χ1v) is 11.5. The van der Waals surface area contributed by atoms with Crippen LogP contribution in [0.5, 0.6) is 5.75 Å². The first kappa shape index (κ1) is 25.5. The summed E-state index contributed by atoms with van der Waals surface area (Å²) in [7, 11) is 4.74. The molecular formula is C24H34N4O6. The highest BCUT2D eigenvalue weighted by Gasteiger charge is 2.37. The molecule has 0 saturated carbocycles. The average Bonchev–Trinajstić information content (AvgIpc) is 3.08. The second-order valence-electron chi connectivity index (χ2n) is 8.24. The van der Waals surface area contributed by atoms with Gasteiger partial charge in [-0.3, -0.25) is 14.6 Å². The van der Waals surface area contributed by atoms with Crippen LogP contribution in [0.1, 0.15) is 24.9 Å². The maximum absolute atomic E-state index is 13.1. The van der Waals surface area contributed by atoms with Gasteiger partial charge in [-0.2, -0.15) is 0 Å². The molecule has 2 aliphatic rings. The summed E-state index contributed by atoms with van der Waals surface area (Å²) < 4.78 is 15.6. The summed E-state index contributed by atoms with van der Waals surface area (Å²) >= 11 is 0. The Hall–Kier alpha value is -3.11. The molecule has 0 bridgehead atoms. The predicted molar refractivity (Wildman–Crippen MR) is 125 cm³/mol. The van der Waals surface area contributed by atoms with Gasteiger partial charge in [0.05, 0.1) is 25.3 Å². The second-order valence-corrected chi connectivity index (χ2v) is 8.24. The van der Waals surface area contributed by atoms with Crippen molar-refractivity contribution in [3.8, 4) is 5.75 Å². The van der Waals surface area contributed by atoms with Gasteiger partial charge in [-0.25, -0.2) is 9.59 Å². The molecule has 0 radical (unpaired) electrons. The van der Waals surface area contributed by atoms with Gasteiger partial charge in [-0.15, -0.1) is 0 Å². The van der Waals surface area contributed by atoms with Crippen LogP contribution in [-0.2, 0) is 19.1 Å². The molecule has 1 aromatic rings. The highest BCUT2D eigenvalue weighted by molar-refractivity contribution is 5.95. The number of esters is 1. The molecule has 186 valence electrons. The van der Waals surface area contributed by atoms with E-state index in [1.54, 1.807) is 38.1 Å². The smallest absolute Gasteiger partial charge is 0.338 e. The molecule has 2 aliphatic heterocycles. The third-order valence-electron chi connectivity index (χ3n) is 6.10. The quantitative estimate of drug-likeness (QED) is 0.568. The van der Waals surface area contributed by atoms with Crippen LogP contribution >= 0.6 is 0 Å². The summed E-state index contributed by atoms with van der Waals surface area (Å²) in [6, 6.07) is 6.31. The van der Waals surface area contributed by atoms with Crippen molar-refractivity contribution in [1.29, 1.82) is 0 Å². The fourth-order valence-electron chi connectivity index (χ4n) is 4.25. The van der Waals surface area contributed by atoms with E-state index >= 15 is 0 Å². The normalized spacial score (nSPS) is 19.5. The van der Waals surface area contributed by atoms with Crippen LogP contribution in [0.15, 0.2) is 35.5 Å². The highest BCUT2D eigenvalue weighted by Crippen LogP contribution is 2.32. The number of rotatable bonds is 8. The van der Waals surface area contributed by atoms with E-state index in [1.165, 1.54) is 12.0 Å². The van der Waals surface area contributed by atoms with Gasteiger partial charge in [0, 0.05) is 52.6 Å². The topological polar surface area (TPSA) is 101 Å². The molecule has 1 saturated heterocycles. The van der Waals surface area contributed by atoms with Crippen molar-refractivity contribution < 1.29 is 28.6 Å². The number of amides is 3. The number of hydrogen-bond acceptors (Lipinski definition) is 7. The molecule has 10 nitrogen and oxygen atoms in total. The van der Waals surface area contributed by atoms with Crippen LogP contribution in [0, 0.1) is 0 Å². The lowest BCUT2D eigenvalue weighted by atomic mass is 9.94. The Kier molecular flexibility index (Phi) is 8.89. The minimum absolute atomic E-state index is 0.0375. The number of ether oxygens (including phenoxy) is 3. The first-order chi connectivity index (χ1) is 16.4. The molecule has 1 N–H and O–H groups in total. The Labute approximate surface area is 200 Å². The van der Waals surface area contributed by atoms with Crippen molar-refractivity contribution in [2.45, 2.75) is 19.4 Å². The van der Waals surface area contributed by atoms with Gasteiger partial charge in [0.25, 0.3) is 0 Å². The van der Waals surface area contributed by atoms with Gasteiger partial charge in [0.2, 0.25) is 5.91 Å². The van der Waals surface area contributed by atoms with Gasteiger partial charge in [0.1, 0.15) is 12.4 Å². The molecule has 10 heteroatoms. The molecule has 0 aliphatic carbocycles. The number of methoxy groups -OCH3 is 2. The van der Waals surface area contributed by atoms with Crippen molar-refractivity contribution in [1.82, 2.24) is 20.0 Å². The summed E-state index contributed by atoms with van der Waals surface area (Å²) in [4.78, 5) is 43.7. The molecule has 0 aromatic heterocycles. The zero-order chi connectivity index (χ0) is 24.7. The number of nitrogens with one attached hydrogen (secondary N) is 1. The molecule has 34 heavy (non-hydrogen) atoms. The van der Waals surface area contributed by atoms with E-state index in [1.807, 2.05) is 12.1 Å². The lowest BCUT2D eigenvalue weighted by Crippen LogP contribution is -2.49. The van der Waals surface area contributed by atoms with E-state index in [0.717, 1.165) is 18.5 Å². The van der Waals surface area contributed by atoms with Gasteiger partial charge in [-0.1, -0.05) is 12.1 Å². The first-order valence-electron chi connectivity index (χ1n) is 11.5. The van der Waals surface area contributed by atoms with Crippen LogP contribution in [0.25, 0.3) is 0 Å². The summed E-state index contributed by atoms with van der Waals surface area (Å²) in [5.74, 6) is 0.184. The van der Waals surface area contributed by atoms with Crippen molar-refractivity contribution in [2.75, 3.05) is 67.2 Å². The van der Waals surface area contributed by atoms with Crippen molar-refractivity contribution >= 4 is 17.9 Å². The Morgan fingerprint density at radius 1 is 1.09 bits per heavy atom. The minimum atomic E-state index is -0.643. The number of carbonyl (C=O) groups is 3. The van der Waals surface area contributed by atoms with Gasteiger partial charge in [-0.05, 0) is 31.0 Å². The Balaban J connectivity index is 1.91. The third-order valence-corrected chi connectivity index (χ3v) is 6.10. The van der Waals surface area contributed by atoms with Crippen molar-refractivity contribution in [3.05, 3.63) is 41.1 Å². The largest absolute Gasteiger partial charge is 0.497 e. The predicted octanol–water partition coefficient (Wildman–Crippen LogP) is 1.39. The molecular weight excluding hydrogens is 440 g/mol. The Bertz CT molecular complexity index is 917. The van der Waals surface area contributed by atoms with Crippen LogP contribution in [0.2, 0.25) is 0 Å². The summed E-state index contributed by atoms with van der Waals surface area (Å²) in [6.07, 6.45) is 0.787. The molecule has 1 unspecified atom stereocenters. The van der Waals surface area contributed by atoms with Gasteiger partial charge < -0.3 is 24.4 Å². The van der Waals surface area contributed by atoms with E-state index in [0.29, 0.717) is 43.2 Å². The lowest BCUT2D eigenvalue weighted by Gasteiger charge is -2.36. The van der Waals surface area contributed by atoms with Crippen LogP contribution in [-0.4, -0.2) is 99.8 Å². The number of urea groups is 1. The van der Waals surface area contributed by atoms with E-state index in [4.69, 9.17) is 14.2 Å². The number of benzene rings is 1. The fourth-order valence-corrected chi connectivity index (χ4v) is 4.25. The van der Waals surface area contributed by atoms with Crippen LogP contribution in [0.3, 0.4) is 0 Å². The van der Waals surface area contributed by atoms with E-state index < -0.39 is 12.0 Å². The number of nitrogens with zero attached hydrogens (tertiary/aromatic N) is 3. The molecule has 1 fully saturated rings. The molecule has 3 rings (SSSR count). The van der Waals surface area contributed by atoms with Crippen LogP contribution < -0.4 is 10.1 Å². The number of hydrogen-bond donors (Lipinski definition) is 1. The molecule has 1 atom stereocenters.